The number of phenols is 1. The van der Waals surface area contributed by atoms with E-state index in [1.54, 1.807) is 24.4 Å². The number of aromatic hydroxyl groups is 1. The van der Waals surface area contributed by atoms with Gasteiger partial charge in [0.1, 0.15) is 5.82 Å². The van der Waals surface area contributed by atoms with Gasteiger partial charge in [0.05, 0.1) is 18.8 Å². The Balaban J connectivity index is 1.74. The molecule has 0 aliphatic heterocycles. The molecule has 0 saturated heterocycles. The van der Waals surface area contributed by atoms with E-state index in [1.165, 1.54) is 7.11 Å². The van der Waals surface area contributed by atoms with Crippen molar-refractivity contribution >= 4 is 22.9 Å². The number of hydrogen-bond acceptors (Lipinski definition) is 5. The number of hydrazone groups is 1. The van der Waals surface area contributed by atoms with Crippen molar-refractivity contribution < 1.29 is 9.84 Å². The molecule has 0 spiro atoms. The second-order valence-corrected chi connectivity index (χ2v) is 4.69. The summed E-state index contributed by atoms with van der Waals surface area (Å²) in [6, 6.07) is 16.8. The molecule has 3 rings (SSSR count). The molecule has 0 fully saturated rings. The predicted molar refractivity (Wildman–Crippen MR) is 87.6 cm³/mol. The standard InChI is InChI=1S/C17H15N3O2/c1-22-16-8-6-12(10-15(16)21)11-18-20-17-9-7-13-4-2-3-5-14(13)19-17/h2-11,21H,1H3,(H,19,20)/b18-11-. The van der Waals surface area contributed by atoms with Gasteiger partial charge in [-0.3, -0.25) is 5.43 Å². The van der Waals surface area contributed by atoms with E-state index in [0.29, 0.717) is 11.6 Å². The van der Waals surface area contributed by atoms with Gasteiger partial charge >= 0.3 is 0 Å². The molecule has 0 saturated carbocycles. The van der Waals surface area contributed by atoms with Crippen molar-refractivity contribution in [2.45, 2.75) is 0 Å². The second kappa shape index (κ2) is 6.13. The van der Waals surface area contributed by atoms with Gasteiger partial charge in [-0.1, -0.05) is 18.2 Å². The molecule has 0 radical (unpaired) electrons. The fraction of sp³-hybridized carbons (Fsp3) is 0.0588. The number of aromatic nitrogens is 1. The van der Waals surface area contributed by atoms with Gasteiger partial charge in [-0.25, -0.2) is 4.98 Å². The van der Waals surface area contributed by atoms with Crippen LogP contribution >= 0.6 is 0 Å². The van der Waals surface area contributed by atoms with Gasteiger partial charge in [0.2, 0.25) is 0 Å². The highest BCUT2D eigenvalue weighted by Crippen LogP contribution is 2.25. The van der Waals surface area contributed by atoms with Crippen LogP contribution in [0.1, 0.15) is 5.56 Å². The molecule has 1 heterocycles. The Hall–Kier alpha value is -3.08. The van der Waals surface area contributed by atoms with Crippen molar-refractivity contribution in [1.29, 1.82) is 0 Å². The first kappa shape index (κ1) is 13.9. The Kier molecular flexibility index (Phi) is 3.87. The highest BCUT2D eigenvalue weighted by Gasteiger charge is 2.00. The highest BCUT2D eigenvalue weighted by molar-refractivity contribution is 5.82. The van der Waals surface area contributed by atoms with E-state index in [-0.39, 0.29) is 5.75 Å². The molecule has 0 unspecified atom stereocenters. The molecule has 0 amide bonds. The monoisotopic (exact) mass is 293 g/mol. The van der Waals surface area contributed by atoms with Gasteiger partial charge in [0, 0.05) is 5.39 Å². The minimum atomic E-state index is 0.0790. The molecule has 1 aromatic heterocycles. The van der Waals surface area contributed by atoms with E-state index in [1.807, 2.05) is 36.4 Å². The first-order valence-electron chi connectivity index (χ1n) is 6.78. The van der Waals surface area contributed by atoms with Gasteiger partial charge in [0.15, 0.2) is 11.5 Å². The summed E-state index contributed by atoms with van der Waals surface area (Å²) in [5.74, 6) is 1.17. The maximum absolute atomic E-state index is 9.71. The van der Waals surface area contributed by atoms with Gasteiger partial charge in [-0.2, -0.15) is 5.10 Å². The maximum Gasteiger partial charge on any atom is 0.160 e. The average molecular weight is 293 g/mol. The zero-order valence-corrected chi connectivity index (χ0v) is 12.0. The van der Waals surface area contributed by atoms with Crippen LogP contribution in [0.3, 0.4) is 0 Å². The molecule has 3 aromatic rings. The Labute approximate surface area is 127 Å². The minimum Gasteiger partial charge on any atom is -0.504 e. The van der Waals surface area contributed by atoms with Gasteiger partial charge in [-0.05, 0) is 42.0 Å². The number of methoxy groups -OCH3 is 1. The number of pyridine rings is 1. The number of benzene rings is 2. The van der Waals surface area contributed by atoms with Crippen molar-refractivity contribution in [2.24, 2.45) is 5.10 Å². The van der Waals surface area contributed by atoms with E-state index in [0.717, 1.165) is 16.5 Å². The molecule has 0 atom stereocenters. The van der Waals surface area contributed by atoms with Crippen LogP contribution in [0, 0.1) is 0 Å². The third-order valence-electron chi connectivity index (χ3n) is 3.19. The summed E-state index contributed by atoms with van der Waals surface area (Å²) in [7, 11) is 1.51. The van der Waals surface area contributed by atoms with Crippen LogP contribution in [-0.2, 0) is 0 Å². The third kappa shape index (κ3) is 2.98. The van der Waals surface area contributed by atoms with Crippen LogP contribution in [-0.4, -0.2) is 23.4 Å². The number of ether oxygens (including phenoxy) is 1. The molecule has 2 N–H and O–H groups in total. The summed E-state index contributed by atoms with van der Waals surface area (Å²) < 4.78 is 4.99. The number of fused-ring (bicyclic) bond motifs is 1. The van der Waals surface area contributed by atoms with Crippen molar-refractivity contribution in [3.05, 3.63) is 60.2 Å². The summed E-state index contributed by atoms with van der Waals surface area (Å²) in [4.78, 5) is 4.46. The Morgan fingerprint density at radius 3 is 2.82 bits per heavy atom. The fourth-order valence-electron chi connectivity index (χ4n) is 2.09. The lowest BCUT2D eigenvalue weighted by atomic mass is 10.2. The number of nitrogens with zero attached hydrogens (tertiary/aromatic N) is 2. The molecule has 0 bridgehead atoms. The van der Waals surface area contributed by atoms with Gasteiger partial charge in [0.25, 0.3) is 0 Å². The normalized spacial score (nSPS) is 11.0. The lowest BCUT2D eigenvalue weighted by Gasteiger charge is -2.04. The first-order valence-corrected chi connectivity index (χ1v) is 6.78. The number of nitrogens with one attached hydrogen (secondary N) is 1. The lowest BCUT2D eigenvalue weighted by molar-refractivity contribution is 0.373. The van der Waals surface area contributed by atoms with E-state index < -0.39 is 0 Å². The molecule has 2 aromatic carbocycles. The third-order valence-corrected chi connectivity index (χ3v) is 3.19. The van der Waals surface area contributed by atoms with Crippen LogP contribution in [0.15, 0.2) is 59.7 Å². The molecule has 5 nitrogen and oxygen atoms in total. The number of hydrogen-bond donors (Lipinski definition) is 2. The summed E-state index contributed by atoms with van der Waals surface area (Å²) in [5.41, 5.74) is 4.54. The minimum absolute atomic E-state index is 0.0790. The van der Waals surface area contributed by atoms with Crippen molar-refractivity contribution in [3.63, 3.8) is 0 Å². The van der Waals surface area contributed by atoms with Gasteiger partial charge in [-0.15, -0.1) is 0 Å². The van der Waals surface area contributed by atoms with Crippen LogP contribution in [0.5, 0.6) is 11.5 Å². The fourth-order valence-corrected chi connectivity index (χ4v) is 2.09. The maximum atomic E-state index is 9.71. The number of para-hydroxylation sites is 1. The highest BCUT2D eigenvalue weighted by atomic mass is 16.5. The molecule has 0 aliphatic carbocycles. The smallest absolute Gasteiger partial charge is 0.160 e. The lowest BCUT2D eigenvalue weighted by Crippen LogP contribution is -1.94. The summed E-state index contributed by atoms with van der Waals surface area (Å²) in [6.45, 7) is 0. The zero-order chi connectivity index (χ0) is 15.4. The van der Waals surface area contributed by atoms with Gasteiger partial charge < -0.3 is 9.84 Å². The van der Waals surface area contributed by atoms with E-state index in [4.69, 9.17) is 4.74 Å². The number of rotatable bonds is 4. The van der Waals surface area contributed by atoms with E-state index in [9.17, 15) is 5.11 Å². The SMILES string of the molecule is COc1ccc(/C=N\Nc2ccc3ccccc3n2)cc1O. The zero-order valence-electron chi connectivity index (χ0n) is 12.0. The van der Waals surface area contributed by atoms with Crippen LogP contribution in [0.4, 0.5) is 5.82 Å². The topological polar surface area (TPSA) is 66.7 Å². The molecule has 22 heavy (non-hydrogen) atoms. The molecule has 0 aliphatic rings. The van der Waals surface area contributed by atoms with Crippen molar-refractivity contribution in [2.75, 3.05) is 12.5 Å². The second-order valence-electron chi connectivity index (χ2n) is 4.69. The predicted octanol–water partition coefficient (Wildman–Crippen LogP) is 3.40. The summed E-state index contributed by atoms with van der Waals surface area (Å²) in [6.07, 6.45) is 1.61. The largest absolute Gasteiger partial charge is 0.504 e. The Bertz CT molecular complexity index is 831. The average Bonchev–Trinajstić information content (AvgIpc) is 2.55. The molecule has 110 valence electrons. The first-order chi connectivity index (χ1) is 10.8. The number of phenolic OH excluding ortho intramolecular Hbond substituents is 1. The van der Waals surface area contributed by atoms with Crippen LogP contribution < -0.4 is 10.2 Å². The molecule has 5 heteroatoms. The summed E-state index contributed by atoms with van der Waals surface area (Å²) in [5, 5.41) is 14.9. The Morgan fingerprint density at radius 1 is 1.14 bits per heavy atom. The molecular weight excluding hydrogens is 278 g/mol. The van der Waals surface area contributed by atoms with Crippen molar-refractivity contribution in [3.8, 4) is 11.5 Å². The van der Waals surface area contributed by atoms with Crippen LogP contribution in [0.25, 0.3) is 10.9 Å². The molecular formula is C17H15N3O2. The van der Waals surface area contributed by atoms with E-state index >= 15 is 0 Å². The quantitative estimate of drug-likeness (QED) is 0.571. The number of anilines is 1. The van der Waals surface area contributed by atoms with Crippen LogP contribution in [0.2, 0.25) is 0 Å². The van der Waals surface area contributed by atoms with Crippen molar-refractivity contribution in [1.82, 2.24) is 4.98 Å². The van der Waals surface area contributed by atoms with E-state index in [2.05, 4.69) is 15.5 Å². The Morgan fingerprint density at radius 2 is 2.00 bits per heavy atom. The summed E-state index contributed by atoms with van der Waals surface area (Å²) >= 11 is 0.